The summed E-state index contributed by atoms with van der Waals surface area (Å²) >= 11 is 0. The number of carbonyl (C=O) groups excluding carboxylic acids is 2. The number of nitrogens with one attached hydrogen (secondary N) is 3. The fourth-order valence-electron chi connectivity index (χ4n) is 2.35. The van der Waals surface area contributed by atoms with Crippen molar-refractivity contribution < 1.29 is 14.3 Å². The van der Waals surface area contributed by atoms with Crippen molar-refractivity contribution in [3.05, 3.63) is 42.5 Å². The van der Waals surface area contributed by atoms with Gasteiger partial charge in [0.05, 0.1) is 12.6 Å². The maximum atomic E-state index is 12.1. The van der Waals surface area contributed by atoms with Crippen molar-refractivity contribution in [1.29, 1.82) is 0 Å². The number of rotatable bonds is 8. The summed E-state index contributed by atoms with van der Waals surface area (Å²) in [6, 6.07) is 6.88. The largest absolute Gasteiger partial charge is 0.376 e. The van der Waals surface area contributed by atoms with Crippen LogP contribution in [0.4, 0.5) is 5.69 Å². The zero-order chi connectivity index (χ0) is 16.5. The molecule has 3 N–H and O–H groups in total. The van der Waals surface area contributed by atoms with E-state index in [1.165, 1.54) is 0 Å². The first-order valence-electron chi connectivity index (χ1n) is 7.80. The Morgan fingerprint density at radius 2 is 2.26 bits per heavy atom. The Morgan fingerprint density at radius 3 is 3.00 bits per heavy atom. The third kappa shape index (κ3) is 5.84. The molecule has 23 heavy (non-hydrogen) atoms. The van der Waals surface area contributed by atoms with Crippen LogP contribution in [0.2, 0.25) is 0 Å². The number of hydrogen-bond donors (Lipinski definition) is 3. The lowest BCUT2D eigenvalue weighted by Crippen LogP contribution is -2.32. The molecule has 0 saturated carbocycles. The van der Waals surface area contributed by atoms with Gasteiger partial charge in [-0.2, -0.15) is 0 Å². The molecule has 124 valence electrons. The topological polar surface area (TPSA) is 79.5 Å². The summed E-state index contributed by atoms with van der Waals surface area (Å²) in [6.45, 7) is 5.62. The molecule has 0 bridgehead atoms. The predicted octanol–water partition coefficient (Wildman–Crippen LogP) is 1.31. The van der Waals surface area contributed by atoms with Gasteiger partial charge in [-0.3, -0.25) is 9.59 Å². The quantitative estimate of drug-likeness (QED) is 0.499. The van der Waals surface area contributed by atoms with Gasteiger partial charge in [-0.1, -0.05) is 12.1 Å². The number of amides is 2. The standard InChI is InChI=1S/C17H23N3O3/c1-2-8-18-12-16(21)20-14-6-3-5-13(10-14)17(22)19-11-15-7-4-9-23-15/h2-3,5-6,10,15,18H,1,4,7-9,11-12H2,(H,19,22)(H,20,21). The van der Waals surface area contributed by atoms with Crippen LogP contribution in [-0.4, -0.2) is 44.2 Å². The van der Waals surface area contributed by atoms with Crippen molar-refractivity contribution >= 4 is 17.5 Å². The van der Waals surface area contributed by atoms with E-state index in [1.54, 1.807) is 30.3 Å². The van der Waals surface area contributed by atoms with Gasteiger partial charge in [0.2, 0.25) is 5.91 Å². The summed E-state index contributed by atoms with van der Waals surface area (Å²) < 4.78 is 5.48. The van der Waals surface area contributed by atoms with Gasteiger partial charge in [-0.05, 0) is 31.0 Å². The number of benzene rings is 1. The molecular weight excluding hydrogens is 294 g/mol. The average Bonchev–Trinajstić information content (AvgIpc) is 3.06. The molecule has 0 radical (unpaired) electrons. The Labute approximate surface area is 136 Å². The van der Waals surface area contributed by atoms with Crippen LogP contribution in [0.25, 0.3) is 0 Å². The molecule has 0 spiro atoms. The van der Waals surface area contributed by atoms with Gasteiger partial charge in [0, 0.05) is 30.9 Å². The normalized spacial score (nSPS) is 16.8. The number of hydrogen-bond acceptors (Lipinski definition) is 4. The second-order valence-corrected chi connectivity index (χ2v) is 5.39. The van der Waals surface area contributed by atoms with Crippen LogP contribution in [0.1, 0.15) is 23.2 Å². The van der Waals surface area contributed by atoms with E-state index in [4.69, 9.17) is 4.74 Å². The molecule has 1 heterocycles. The van der Waals surface area contributed by atoms with E-state index in [9.17, 15) is 9.59 Å². The van der Waals surface area contributed by atoms with Crippen LogP contribution in [0.5, 0.6) is 0 Å². The molecule has 6 nitrogen and oxygen atoms in total. The lowest BCUT2D eigenvalue weighted by Gasteiger charge is -2.11. The summed E-state index contributed by atoms with van der Waals surface area (Å²) in [4.78, 5) is 23.9. The molecule has 2 amide bonds. The van der Waals surface area contributed by atoms with E-state index in [2.05, 4.69) is 22.5 Å². The lowest BCUT2D eigenvalue weighted by atomic mass is 10.1. The molecule has 1 atom stereocenters. The van der Waals surface area contributed by atoms with Gasteiger partial charge in [0.1, 0.15) is 0 Å². The highest BCUT2D eigenvalue weighted by molar-refractivity contribution is 5.97. The SMILES string of the molecule is C=CCNCC(=O)Nc1cccc(C(=O)NCC2CCCO2)c1. The zero-order valence-electron chi connectivity index (χ0n) is 13.1. The van der Waals surface area contributed by atoms with Gasteiger partial charge in [-0.25, -0.2) is 0 Å². The van der Waals surface area contributed by atoms with Crippen LogP contribution < -0.4 is 16.0 Å². The number of ether oxygens (including phenoxy) is 1. The smallest absolute Gasteiger partial charge is 0.251 e. The lowest BCUT2D eigenvalue weighted by molar-refractivity contribution is -0.115. The first-order valence-corrected chi connectivity index (χ1v) is 7.80. The summed E-state index contributed by atoms with van der Waals surface area (Å²) in [5.41, 5.74) is 1.11. The van der Waals surface area contributed by atoms with E-state index in [-0.39, 0.29) is 24.5 Å². The zero-order valence-corrected chi connectivity index (χ0v) is 13.1. The Hall–Kier alpha value is -2.18. The molecule has 1 unspecified atom stereocenters. The van der Waals surface area contributed by atoms with Crippen LogP contribution in [0.15, 0.2) is 36.9 Å². The molecule has 1 saturated heterocycles. The van der Waals surface area contributed by atoms with E-state index >= 15 is 0 Å². The third-order valence-electron chi connectivity index (χ3n) is 3.50. The summed E-state index contributed by atoms with van der Waals surface area (Å²) in [5.74, 6) is -0.329. The molecule has 1 aliphatic heterocycles. The maximum absolute atomic E-state index is 12.1. The summed E-state index contributed by atoms with van der Waals surface area (Å²) in [7, 11) is 0. The minimum Gasteiger partial charge on any atom is -0.376 e. The third-order valence-corrected chi connectivity index (χ3v) is 3.50. The Bertz CT molecular complexity index is 554. The molecule has 6 heteroatoms. The highest BCUT2D eigenvalue weighted by Gasteiger charge is 2.16. The second-order valence-electron chi connectivity index (χ2n) is 5.39. The highest BCUT2D eigenvalue weighted by atomic mass is 16.5. The molecule has 2 rings (SSSR count). The maximum Gasteiger partial charge on any atom is 0.251 e. The predicted molar refractivity (Wildman–Crippen MR) is 89.4 cm³/mol. The summed E-state index contributed by atoms with van der Waals surface area (Å²) in [6.07, 6.45) is 3.82. The van der Waals surface area contributed by atoms with E-state index in [1.807, 2.05) is 0 Å². The van der Waals surface area contributed by atoms with Crippen LogP contribution in [-0.2, 0) is 9.53 Å². The van der Waals surface area contributed by atoms with Crippen molar-refractivity contribution in [3.63, 3.8) is 0 Å². The van der Waals surface area contributed by atoms with Gasteiger partial charge in [0.25, 0.3) is 5.91 Å². The Morgan fingerprint density at radius 1 is 1.39 bits per heavy atom. The van der Waals surface area contributed by atoms with Crippen LogP contribution in [0.3, 0.4) is 0 Å². The van der Waals surface area contributed by atoms with E-state index < -0.39 is 0 Å². The molecule has 0 aromatic heterocycles. The molecule has 1 aromatic carbocycles. The van der Waals surface area contributed by atoms with Crippen molar-refractivity contribution in [2.45, 2.75) is 18.9 Å². The first-order chi connectivity index (χ1) is 11.2. The van der Waals surface area contributed by atoms with Gasteiger partial charge >= 0.3 is 0 Å². The van der Waals surface area contributed by atoms with Crippen molar-refractivity contribution in [2.24, 2.45) is 0 Å². The van der Waals surface area contributed by atoms with Crippen LogP contribution >= 0.6 is 0 Å². The van der Waals surface area contributed by atoms with Crippen LogP contribution in [0, 0.1) is 0 Å². The summed E-state index contributed by atoms with van der Waals surface area (Å²) in [5, 5.41) is 8.54. The minimum absolute atomic E-state index is 0.109. The average molecular weight is 317 g/mol. The fourth-order valence-corrected chi connectivity index (χ4v) is 2.35. The fraction of sp³-hybridized carbons (Fsp3) is 0.412. The molecular formula is C17H23N3O3. The van der Waals surface area contributed by atoms with Gasteiger partial charge < -0.3 is 20.7 Å². The van der Waals surface area contributed by atoms with Crippen molar-refractivity contribution in [3.8, 4) is 0 Å². The molecule has 0 aliphatic carbocycles. The monoisotopic (exact) mass is 317 g/mol. The van der Waals surface area contributed by atoms with Crippen molar-refractivity contribution in [2.75, 3.05) is 31.6 Å². The second kappa shape index (κ2) is 9.07. The molecule has 1 aromatic rings. The van der Waals surface area contributed by atoms with Gasteiger partial charge in [-0.15, -0.1) is 6.58 Å². The number of carbonyl (C=O) groups is 2. The highest BCUT2D eigenvalue weighted by Crippen LogP contribution is 2.12. The molecule has 1 fully saturated rings. The van der Waals surface area contributed by atoms with E-state index in [0.29, 0.717) is 24.3 Å². The Kier molecular flexibility index (Phi) is 6.77. The number of anilines is 1. The van der Waals surface area contributed by atoms with Crippen molar-refractivity contribution in [1.82, 2.24) is 10.6 Å². The Balaban J connectivity index is 1.84. The first kappa shape index (κ1) is 17.2. The van der Waals surface area contributed by atoms with Gasteiger partial charge in [0.15, 0.2) is 0 Å². The van der Waals surface area contributed by atoms with E-state index in [0.717, 1.165) is 19.4 Å². The molecule has 1 aliphatic rings. The minimum atomic E-state index is -0.165.